The summed E-state index contributed by atoms with van der Waals surface area (Å²) in [6, 6.07) is 0.780. The Hall–Kier alpha value is 0.220. The average Bonchev–Trinajstić information content (AvgIpc) is 2.91. The lowest BCUT2D eigenvalue weighted by molar-refractivity contribution is 0.145. The summed E-state index contributed by atoms with van der Waals surface area (Å²) in [4.78, 5) is 2.61. The van der Waals surface area contributed by atoms with Gasteiger partial charge in [0, 0.05) is 18.3 Å². The minimum atomic E-state index is -3.03. The fourth-order valence-electron chi connectivity index (χ4n) is 2.92. The molecule has 1 unspecified atom stereocenters. The van der Waals surface area contributed by atoms with Gasteiger partial charge in [0.1, 0.15) is 0 Å². The van der Waals surface area contributed by atoms with E-state index in [9.17, 15) is 8.42 Å². The molecule has 0 aromatic carbocycles. The van der Waals surface area contributed by atoms with Gasteiger partial charge < -0.3 is 0 Å². The highest BCUT2D eigenvalue weighted by Gasteiger charge is 2.27. The molecule has 0 aliphatic carbocycles. The molecule has 2 heterocycles. The SMILES string of the molecule is CCCS(=O)(=O)NCC1CCN(C2CCSC2)CC1. The van der Waals surface area contributed by atoms with E-state index in [0.29, 0.717) is 18.9 Å². The molecule has 2 rings (SSSR count). The predicted octanol–water partition coefficient (Wildman–Crippen LogP) is 1.53. The van der Waals surface area contributed by atoms with Crippen LogP contribution in [0.15, 0.2) is 0 Å². The second kappa shape index (κ2) is 7.29. The van der Waals surface area contributed by atoms with Gasteiger partial charge in [0.25, 0.3) is 0 Å². The molecule has 2 aliphatic heterocycles. The molecule has 0 spiro atoms. The van der Waals surface area contributed by atoms with E-state index in [2.05, 4.69) is 21.4 Å². The smallest absolute Gasteiger partial charge is 0.211 e. The van der Waals surface area contributed by atoms with Gasteiger partial charge in [-0.2, -0.15) is 11.8 Å². The molecule has 0 saturated carbocycles. The molecular formula is C13H26N2O2S2. The lowest BCUT2D eigenvalue weighted by atomic mass is 9.96. The summed E-state index contributed by atoms with van der Waals surface area (Å²) in [7, 11) is -3.03. The van der Waals surface area contributed by atoms with Crippen LogP contribution in [0.1, 0.15) is 32.6 Å². The van der Waals surface area contributed by atoms with Crippen molar-refractivity contribution in [2.75, 3.05) is 36.9 Å². The normalized spacial score (nSPS) is 26.9. The molecule has 1 atom stereocenters. The highest BCUT2D eigenvalue weighted by molar-refractivity contribution is 7.99. The third kappa shape index (κ3) is 4.92. The molecule has 0 aromatic heterocycles. The Balaban J connectivity index is 1.68. The summed E-state index contributed by atoms with van der Waals surface area (Å²) in [6.07, 6.45) is 4.29. The van der Waals surface area contributed by atoms with Crippen molar-refractivity contribution in [1.82, 2.24) is 9.62 Å². The maximum atomic E-state index is 11.6. The van der Waals surface area contributed by atoms with Gasteiger partial charge in [-0.1, -0.05) is 6.92 Å². The monoisotopic (exact) mass is 306 g/mol. The first-order valence-electron chi connectivity index (χ1n) is 7.40. The number of nitrogens with one attached hydrogen (secondary N) is 1. The van der Waals surface area contributed by atoms with Crippen LogP contribution in [0.3, 0.4) is 0 Å². The quantitative estimate of drug-likeness (QED) is 0.808. The van der Waals surface area contributed by atoms with Crippen molar-refractivity contribution in [2.24, 2.45) is 5.92 Å². The van der Waals surface area contributed by atoms with Gasteiger partial charge in [-0.3, -0.25) is 4.90 Å². The molecule has 1 N–H and O–H groups in total. The lowest BCUT2D eigenvalue weighted by Gasteiger charge is -2.35. The number of thioether (sulfide) groups is 1. The Labute approximate surface area is 121 Å². The van der Waals surface area contributed by atoms with Crippen LogP contribution in [0.25, 0.3) is 0 Å². The minimum absolute atomic E-state index is 0.255. The van der Waals surface area contributed by atoms with Gasteiger partial charge in [-0.05, 0) is 50.4 Å². The minimum Gasteiger partial charge on any atom is -0.300 e. The first kappa shape index (κ1) is 15.6. The molecule has 2 fully saturated rings. The zero-order valence-electron chi connectivity index (χ0n) is 11.8. The Bertz CT molecular complexity index is 359. The zero-order chi connectivity index (χ0) is 13.7. The highest BCUT2D eigenvalue weighted by Crippen LogP contribution is 2.26. The molecule has 0 radical (unpaired) electrons. The summed E-state index contributed by atoms with van der Waals surface area (Å²) in [5, 5.41) is 0. The topological polar surface area (TPSA) is 49.4 Å². The van der Waals surface area contributed by atoms with Crippen LogP contribution >= 0.6 is 11.8 Å². The lowest BCUT2D eigenvalue weighted by Crippen LogP contribution is -2.43. The van der Waals surface area contributed by atoms with E-state index in [-0.39, 0.29) is 5.75 Å². The van der Waals surface area contributed by atoms with Gasteiger partial charge in [-0.25, -0.2) is 13.1 Å². The number of hydrogen-bond acceptors (Lipinski definition) is 4. The first-order valence-corrected chi connectivity index (χ1v) is 10.2. The third-order valence-corrected chi connectivity index (χ3v) is 6.83. The van der Waals surface area contributed by atoms with Gasteiger partial charge >= 0.3 is 0 Å². The maximum absolute atomic E-state index is 11.6. The summed E-state index contributed by atoms with van der Waals surface area (Å²) < 4.78 is 26.0. The fourth-order valence-corrected chi connectivity index (χ4v) is 5.34. The van der Waals surface area contributed by atoms with Crippen molar-refractivity contribution >= 4 is 21.8 Å². The largest absolute Gasteiger partial charge is 0.300 e. The average molecular weight is 306 g/mol. The van der Waals surface area contributed by atoms with Gasteiger partial charge in [0.15, 0.2) is 0 Å². The molecule has 0 amide bonds. The van der Waals surface area contributed by atoms with Crippen molar-refractivity contribution in [3.05, 3.63) is 0 Å². The summed E-state index contributed by atoms with van der Waals surface area (Å²) in [5.74, 6) is 3.37. The van der Waals surface area contributed by atoms with Gasteiger partial charge in [-0.15, -0.1) is 0 Å². The van der Waals surface area contributed by atoms with Crippen molar-refractivity contribution in [1.29, 1.82) is 0 Å². The Morgan fingerprint density at radius 3 is 2.58 bits per heavy atom. The van der Waals surface area contributed by atoms with Crippen LogP contribution in [-0.4, -0.2) is 56.3 Å². The predicted molar refractivity (Wildman–Crippen MR) is 82.1 cm³/mol. The zero-order valence-corrected chi connectivity index (χ0v) is 13.4. The first-order chi connectivity index (χ1) is 9.11. The van der Waals surface area contributed by atoms with E-state index in [4.69, 9.17) is 0 Å². The molecule has 19 heavy (non-hydrogen) atoms. The van der Waals surface area contributed by atoms with Crippen molar-refractivity contribution < 1.29 is 8.42 Å². The molecule has 2 aliphatic rings. The molecule has 0 bridgehead atoms. The van der Waals surface area contributed by atoms with E-state index in [0.717, 1.165) is 32.0 Å². The van der Waals surface area contributed by atoms with Crippen LogP contribution in [0.5, 0.6) is 0 Å². The van der Waals surface area contributed by atoms with Crippen molar-refractivity contribution in [3.63, 3.8) is 0 Å². The number of piperidine rings is 1. The van der Waals surface area contributed by atoms with Crippen LogP contribution in [0, 0.1) is 5.92 Å². The van der Waals surface area contributed by atoms with Crippen LogP contribution in [-0.2, 0) is 10.0 Å². The number of hydrogen-bond donors (Lipinski definition) is 1. The fraction of sp³-hybridized carbons (Fsp3) is 1.00. The van der Waals surface area contributed by atoms with E-state index in [1.54, 1.807) is 0 Å². The van der Waals surface area contributed by atoms with Crippen molar-refractivity contribution in [3.8, 4) is 0 Å². The Kier molecular flexibility index (Phi) is 5.99. The Morgan fingerprint density at radius 1 is 1.26 bits per heavy atom. The molecule has 0 aromatic rings. The number of nitrogens with zero attached hydrogens (tertiary/aromatic N) is 1. The van der Waals surface area contributed by atoms with Crippen LogP contribution in [0.2, 0.25) is 0 Å². The second-order valence-corrected chi connectivity index (χ2v) is 8.74. The highest BCUT2D eigenvalue weighted by atomic mass is 32.2. The standard InChI is InChI=1S/C13H26N2O2S2/c1-2-9-19(16,17)14-10-12-3-6-15(7-4-12)13-5-8-18-11-13/h12-14H,2-11H2,1H3. The van der Waals surface area contributed by atoms with Crippen molar-refractivity contribution in [2.45, 2.75) is 38.6 Å². The Morgan fingerprint density at radius 2 is 2.00 bits per heavy atom. The number of sulfonamides is 1. The second-order valence-electron chi connectivity index (χ2n) is 5.66. The van der Waals surface area contributed by atoms with E-state index in [1.807, 2.05) is 6.92 Å². The maximum Gasteiger partial charge on any atom is 0.211 e. The number of rotatable bonds is 6. The molecule has 4 nitrogen and oxygen atoms in total. The van der Waals surface area contributed by atoms with E-state index in [1.165, 1.54) is 17.9 Å². The molecule has 112 valence electrons. The van der Waals surface area contributed by atoms with Crippen LogP contribution < -0.4 is 4.72 Å². The van der Waals surface area contributed by atoms with Gasteiger partial charge in [0.2, 0.25) is 10.0 Å². The molecular weight excluding hydrogens is 280 g/mol. The van der Waals surface area contributed by atoms with Gasteiger partial charge in [0.05, 0.1) is 5.75 Å². The van der Waals surface area contributed by atoms with Crippen LogP contribution in [0.4, 0.5) is 0 Å². The number of likely N-dealkylation sites (tertiary alicyclic amines) is 1. The summed E-state index contributed by atoms with van der Waals surface area (Å²) in [6.45, 7) is 4.82. The van der Waals surface area contributed by atoms with E-state index >= 15 is 0 Å². The molecule has 6 heteroatoms. The summed E-state index contributed by atoms with van der Waals surface area (Å²) in [5.41, 5.74) is 0. The molecule has 2 saturated heterocycles. The van der Waals surface area contributed by atoms with E-state index < -0.39 is 10.0 Å². The summed E-state index contributed by atoms with van der Waals surface area (Å²) >= 11 is 2.06. The third-order valence-electron chi connectivity index (χ3n) is 4.14.